The highest BCUT2D eigenvalue weighted by molar-refractivity contribution is 6.30. The summed E-state index contributed by atoms with van der Waals surface area (Å²) in [4.78, 5) is 20.7. The third-order valence-corrected chi connectivity index (χ3v) is 5.39. The molecule has 3 heterocycles. The summed E-state index contributed by atoms with van der Waals surface area (Å²) in [7, 11) is 0. The molecule has 1 atom stereocenters. The molecular weight excluding hydrogens is 352 g/mol. The summed E-state index contributed by atoms with van der Waals surface area (Å²) in [5.74, 6) is 0.220. The van der Waals surface area contributed by atoms with Crippen molar-refractivity contribution >= 4 is 17.5 Å². The Hall–Kier alpha value is -1.96. The van der Waals surface area contributed by atoms with Crippen LogP contribution in [0.1, 0.15) is 18.4 Å². The molecule has 0 radical (unpaired) electrons. The molecule has 26 heavy (non-hydrogen) atoms. The zero-order valence-electron chi connectivity index (χ0n) is 14.6. The van der Waals surface area contributed by atoms with Crippen molar-refractivity contribution in [1.29, 1.82) is 0 Å². The smallest absolute Gasteiger partial charge is 0.236 e. The molecule has 2 saturated heterocycles. The highest BCUT2D eigenvalue weighted by Gasteiger charge is 2.30. The fraction of sp³-hybridized carbons (Fsp3) is 0.500. The maximum Gasteiger partial charge on any atom is 0.236 e. The first-order chi connectivity index (χ1) is 12.7. The van der Waals surface area contributed by atoms with Gasteiger partial charge in [-0.25, -0.2) is 9.67 Å². The van der Waals surface area contributed by atoms with Gasteiger partial charge in [0.2, 0.25) is 5.91 Å². The van der Waals surface area contributed by atoms with Gasteiger partial charge in [0.1, 0.15) is 12.7 Å². The van der Waals surface area contributed by atoms with Gasteiger partial charge in [-0.2, -0.15) is 5.10 Å². The van der Waals surface area contributed by atoms with Crippen LogP contribution in [-0.2, 0) is 11.3 Å². The Kier molecular flexibility index (Phi) is 5.19. The summed E-state index contributed by atoms with van der Waals surface area (Å²) in [5.41, 5.74) is 2.11. The molecule has 0 spiro atoms. The highest BCUT2D eigenvalue weighted by Crippen LogP contribution is 2.24. The summed E-state index contributed by atoms with van der Waals surface area (Å²) in [6.45, 7) is 4.91. The van der Waals surface area contributed by atoms with E-state index in [4.69, 9.17) is 11.6 Å². The first kappa shape index (κ1) is 17.5. The van der Waals surface area contributed by atoms with Crippen LogP contribution in [0.5, 0.6) is 0 Å². The summed E-state index contributed by atoms with van der Waals surface area (Å²) < 4.78 is 1.75. The minimum atomic E-state index is 0.220. The summed E-state index contributed by atoms with van der Waals surface area (Å²) >= 11 is 6.19. The molecule has 1 unspecified atom stereocenters. The van der Waals surface area contributed by atoms with Gasteiger partial charge in [-0.15, -0.1) is 0 Å². The lowest BCUT2D eigenvalue weighted by Gasteiger charge is -2.41. The van der Waals surface area contributed by atoms with Gasteiger partial charge in [0.25, 0.3) is 0 Å². The van der Waals surface area contributed by atoms with Crippen molar-refractivity contribution in [2.45, 2.75) is 25.4 Å². The average molecular weight is 375 g/mol. The number of nitrogens with one attached hydrogen (secondary N) is 1. The molecule has 1 aromatic heterocycles. The van der Waals surface area contributed by atoms with Gasteiger partial charge in [-0.1, -0.05) is 17.7 Å². The van der Waals surface area contributed by atoms with Crippen LogP contribution in [0.4, 0.5) is 0 Å². The molecule has 4 rings (SSSR count). The zero-order chi connectivity index (χ0) is 17.9. The summed E-state index contributed by atoms with van der Waals surface area (Å²) in [5, 5.41) is 8.08. The van der Waals surface area contributed by atoms with Crippen molar-refractivity contribution in [3.05, 3.63) is 41.4 Å². The molecule has 2 aliphatic heterocycles. The van der Waals surface area contributed by atoms with E-state index in [1.54, 1.807) is 11.0 Å². The number of hydrogen-bond acceptors (Lipinski definition) is 5. The van der Waals surface area contributed by atoms with E-state index in [9.17, 15) is 4.79 Å². The molecule has 2 aromatic rings. The Morgan fingerprint density at radius 2 is 2.23 bits per heavy atom. The van der Waals surface area contributed by atoms with Gasteiger partial charge >= 0.3 is 0 Å². The Morgan fingerprint density at radius 1 is 1.31 bits per heavy atom. The van der Waals surface area contributed by atoms with Crippen LogP contribution >= 0.6 is 11.6 Å². The summed E-state index contributed by atoms with van der Waals surface area (Å²) in [6, 6.07) is 6.20. The number of rotatable bonds is 4. The van der Waals surface area contributed by atoms with Gasteiger partial charge in [-0.3, -0.25) is 9.69 Å². The molecule has 2 aliphatic rings. The van der Waals surface area contributed by atoms with Gasteiger partial charge < -0.3 is 10.2 Å². The van der Waals surface area contributed by atoms with Crippen LogP contribution in [0, 0.1) is 0 Å². The van der Waals surface area contributed by atoms with Gasteiger partial charge in [-0.05, 0) is 37.1 Å². The lowest BCUT2D eigenvalue weighted by Crippen LogP contribution is -2.56. The van der Waals surface area contributed by atoms with Crippen molar-refractivity contribution in [2.24, 2.45) is 0 Å². The number of likely N-dealkylation sites (tertiary alicyclic amines) is 1. The number of piperazine rings is 1. The topological polar surface area (TPSA) is 66.3 Å². The number of piperidine rings is 1. The molecule has 1 aromatic carbocycles. The van der Waals surface area contributed by atoms with E-state index in [0.717, 1.165) is 56.8 Å². The number of halogens is 1. The first-order valence-electron chi connectivity index (χ1n) is 9.06. The lowest BCUT2D eigenvalue weighted by atomic mass is 10.0. The van der Waals surface area contributed by atoms with Crippen LogP contribution in [0.3, 0.4) is 0 Å². The third-order valence-electron chi connectivity index (χ3n) is 5.15. The molecule has 2 fully saturated rings. The monoisotopic (exact) mass is 374 g/mol. The van der Waals surface area contributed by atoms with E-state index in [0.29, 0.717) is 17.6 Å². The minimum Gasteiger partial charge on any atom is -0.336 e. The molecule has 0 aliphatic carbocycles. The lowest BCUT2D eigenvalue weighted by molar-refractivity contribution is -0.135. The fourth-order valence-corrected chi connectivity index (χ4v) is 4.06. The van der Waals surface area contributed by atoms with Crippen molar-refractivity contribution in [3.8, 4) is 5.69 Å². The van der Waals surface area contributed by atoms with Gasteiger partial charge in [0.05, 0.1) is 12.2 Å². The van der Waals surface area contributed by atoms with Crippen molar-refractivity contribution < 1.29 is 4.79 Å². The van der Waals surface area contributed by atoms with Crippen molar-refractivity contribution in [3.63, 3.8) is 0 Å². The molecule has 0 saturated carbocycles. The van der Waals surface area contributed by atoms with E-state index < -0.39 is 0 Å². The Balaban J connectivity index is 1.50. The van der Waals surface area contributed by atoms with Crippen LogP contribution in [0.25, 0.3) is 5.69 Å². The van der Waals surface area contributed by atoms with E-state index in [1.165, 1.54) is 6.33 Å². The van der Waals surface area contributed by atoms with Gasteiger partial charge in [0.15, 0.2) is 0 Å². The number of carbonyl (C=O) groups excluding carboxylic acids is 1. The second kappa shape index (κ2) is 7.73. The first-order valence-corrected chi connectivity index (χ1v) is 9.44. The molecule has 1 N–H and O–H groups in total. The number of nitrogens with zero attached hydrogens (tertiary/aromatic N) is 5. The largest absolute Gasteiger partial charge is 0.336 e. The maximum absolute atomic E-state index is 12.2. The van der Waals surface area contributed by atoms with E-state index in [2.05, 4.69) is 31.3 Å². The second-order valence-electron chi connectivity index (χ2n) is 6.91. The quantitative estimate of drug-likeness (QED) is 0.874. The van der Waals surface area contributed by atoms with Crippen LogP contribution in [0.2, 0.25) is 5.02 Å². The van der Waals surface area contributed by atoms with Crippen LogP contribution < -0.4 is 5.32 Å². The normalized spacial score (nSPS) is 22.0. The number of amides is 1. The molecule has 7 nitrogen and oxygen atoms in total. The minimum absolute atomic E-state index is 0.220. The van der Waals surface area contributed by atoms with Crippen molar-refractivity contribution in [1.82, 2.24) is 29.9 Å². The molecule has 138 valence electrons. The third kappa shape index (κ3) is 3.75. The number of hydrogen-bond donors (Lipinski definition) is 1. The summed E-state index contributed by atoms with van der Waals surface area (Å²) in [6.07, 6.45) is 5.40. The number of benzene rings is 1. The van der Waals surface area contributed by atoms with Gasteiger partial charge in [0, 0.05) is 37.2 Å². The number of carbonyl (C=O) groups is 1. The van der Waals surface area contributed by atoms with Crippen LogP contribution in [-0.4, -0.2) is 69.2 Å². The maximum atomic E-state index is 12.2. The SMILES string of the molecule is O=C1CNCCN1C1CCCN(Cc2ccc(Cl)cc2-n2cncn2)C1. The fourth-order valence-electron chi connectivity index (χ4n) is 3.89. The average Bonchev–Trinajstić information content (AvgIpc) is 3.18. The van der Waals surface area contributed by atoms with E-state index >= 15 is 0 Å². The van der Waals surface area contributed by atoms with Crippen molar-refractivity contribution in [2.75, 3.05) is 32.7 Å². The molecular formula is C18H23ClN6O. The zero-order valence-corrected chi connectivity index (χ0v) is 15.4. The number of aromatic nitrogens is 3. The standard InChI is InChI=1S/C18H23ClN6O/c19-15-4-3-14(17(8-15)25-13-21-12-22-25)10-23-6-1-2-16(11-23)24-7-5-20-9-18(24)26/h3-4,8,12-13,16,20H,1-2,5-7,9-11H2. The molecule has 8 heteroatoms. The predicted molar refractivity (Wildman–Crippen MR) is 99.3 cm³/mol. The Morgan fingerprint density at radius 3 is 3.04 bits per heavy atom. The Labute approximate surface area is 157 Å². The predicted octanol–water partition coefficient (Wildman–Crippen LogP) is 1.32. The van der Waals surface area contributed by atoms with E-state index in [1.807, 2.05) is 12.1 Å². The molecule has 1 amide bonds. The van der Waals surface area contributed by atoms with E-state index in [-0.39, 0.29) is 5.91 Å². The van der Waals surface area contributed by atoms with Crippen LogP contribution in [0.15, 0.2) is 30.9 Å². The highest BCUT2D eigenvalue weighted by atomic mass is 35.5. The Bertz CT molecular complexity index is 765. The second-order valence-corrected chi connectivity index (χ2v) is 7.34. The molecule has 0 bridgehead atoms.